The van der Waals surface area contributed by atoms with Gasteiger partial charge in [-0.15, -0.1) is 0 Å². The summed E-state index contributed by atoms with van der Waals surface area (Å²) in [5.74, 6) is -1.02. The minimum Gasteiger partial charge on any atom is -0.464 e. The summed E-state index contributed by atoms with van der Waals surface area (Å²) in [6.07, 6.45) is 4.66. The van der Waals surface area contributed by atoms with Gasteiger partial charge in [-0.25, -0.2) is 9.37 Å². The van der Waals surface area contributed by atoms with Crippen molar-refractivity contribution in [3.8, 4) is 11.4 Å². The number of hydrogen-bond acceptors (Lipinski definition) is 6. The van der Waals surface area contributed by atoms with Crippen LogP contribution in [0.1, 0.15) is 38.2 Å². The second-order valence-corrected chi connectivity index (χ2v) is 9.96. The molecular formula is C31H28FN3O4. The molecule has 39 heavy (non-hydrogen) atoms. The van der Waals surface area contributed by atoms with E-state index in [4.69, 9.17) is 9.15 Å². The van der Waals surface area contributed by atoms with Gasteiger partial charge in [-0.2, -0.15) is 0 Å². The van der Waals surface area contributed by atoms with E-state index in [1.54, 1.807) is 12.1 Å². The molecule has 2 aromatic heterocycles. The van der Waals surface area contributed by atoms with Crippen molar-refractivity contribution in [3.63, 3.8) is 0 Å². The van der Waals surface area contributed by atoms with E-state index in [9.17, 15) is 14.0 Å². The molecule has 198 valence electrons. The third kappa shape index (κ3) is 4.67. The molecule has 0 saturated heterocycles. The lowest BCUT2D eigenvalue weighted by atomic mass is 10.0. The Balaban J connectivity index is 1.37. The molecule has 0 atom stereocenters. The summed E-state index contributed by atoms with van der Waals surface area (Å²) in [5.41, 5.74) is 2.13. The predicted molar refractivity (Wildman–Crippen MR) is 148 cm³/mol. The van der Waals surface area contributed by atoms with Crippen molar-refractivity contribution in [1.82, 2.24) is 9.55 Å². The predicted octanol–water partition coefficient (Wildman–Crippen LogP) is 6.39. The van der Waals surface area contributed by atoms with Crippen molar-refractivity contribution >= 4 is 33.6 Å². The number of carbonyl (C=O) groups excluding carboxylic acids is 1. The van der Waals surface area contributed by atoms with E-state index >= 15 is 0 Å². The highest BCUT2D eigenvalue weighted by Gasteiger charge is 2.45. The topological polar surface area (TPSA) is 86.4 Å². The van der Waals surface area contributed by atoms with Crippen LogP contribution in [0, 0.1) is 5.82 Å². The van der Waals surface area contributed by atoms with Crippen LogP contribution in [0.25, 0.3) is 33.3 Å². The quantitative estimate of drug-likeness (QED) is 0.177. The molecule has 1 aliphatic carbocycles. The lowest BCUT2D eigenvalue weighted by molar-refractivity contribution is -0.144. The SMILES string of the molecule is CCCCOC(=O)Cn1c(-c2ccccc2F)ncc(NC2(c3ccc4oc5ccccc5c4c3)CC2)c1=O. The first-order chi connectivity index (χ1) is 19.0. The monoisotopic (exact) mass is 525 g/mol. The summed E-state index contributed by atoms with van der Waals surface area (Å²) >= 11 is 0. The molecular weight excluding hydrogens is 497 g/mol. The van der Waals surface area contributed by atoms with Gasteiger partial charge in [0.05, 0.1) is 23.9 Å². The average Bonchev–Trinajstić information content (AvgIpc) is 3.63. The Morgan fingerprint density at radius 2 is 1.85 bits per heavy atom. The zero-order valence-electron chi connectivity index (χ0n) is 21.6. The van der Waals surface area contributed by atoms with Gasteiger partial charge in [-0.05, 0) is 55.2 Å². The third-order valence-electron chi connectivity index (χ3n) is 7.26. The number of furan rings is 1. The zero-order chi connectivity index (χ0) is 27.0. The van der Waals surface area contributed by atoms with Crippen molar-refractivity contribution < 1.29 is 18.3 Å². The number of unbranched alkanes of at least 4 members (excludes halogenated alkanes) is 1. The molecule has 0 aliphatic heterocycles. The van der Waals surface area contributed by atoms with Crippen LogP contribution < -0.4 is 10.9 Å². The number of benzene rings is 3. The van der Waals surface area contributed by atoms with Gasteiger partial charge in [0.1, 0.15) is 35.0 Å². The number of hydrogen-bond donors (Lipinski definition) is 1. The third-order valence-corrected chi connectivity index (χ3v) is 7.26. The molecule has 2 heterocycles. The van der Waals surface area contributed by atoms with Gasteiger partial charge in [0.25, 0.3) is 5.56 Å². The largest absolute Gasteiger partial charge is 0.464 e. The van der Waals surface area contributed by atoms with Crippen molar-refractivity contribution in [2.45, 2.75) is 44.7 Å². The Kier molecular flexibility index (Phi) is 6.38. The molecule has 3 aromatic carbocycles. The molecule has 0 amide bonds. The highest BCUT2D eigenvalue weighted by Crippen LogP contribution is 2.49. The second kappa shape index (κ2) is 10.0. The Bertz CT molecular complexity index is 1750. The van der Waals surface area contributed by atoms with E-state index in [-0.39, 0.29) is 30.2 Å². The first-order valence-electron chi connectivity index (χ1n) is 13.2. The molecule has 0 bridgehead atoms. The minimum atomic E-state index is -0.569. The normalized spacial score (nSPS) is 14.0. The van der Waals surface area contributed by atoms with Gasteiger partial charge in [-0.1, -0.05) is 49.7 Å². The van der Waals surface area contributed by atoms with E-state index in [1.807, 2.05) is 43.3 Å². The summed E-state index contributed by atoms with van der Waals surface area (Å²) in [6.45, 7) is 1.89. The van der Waals surface area contributed by atoms with E-state index in [1.165, 1.54) is 22.9 Å². The molecule has 7 nitrogen and oxygen atoms in total. The first-order valence-corrected chi connectivity index (χ1v) is 13.2. The van der Waals surface area contributed by atoms with Crippen LogP contribution in [-0.2, 0) is 21.6 Å². The molecule has 6 rings (SSSR count). The number of para-hydroxylation sites is 1. The highest BCUT2D eigenvalue weighted by atomic mass is 19.1. The summed E-state index contributed by atoms with van der Waals surface area (Å²) in [7, 11) is 0. The van der Waals surface area contributed by atoms with Crippen LogP contribution in [0.5, 0.6) is 0 Å². The molecule has 1 fully saturated rings. The molecule has 0 unspecified atom stereocenters. The fraction of sp³-hybridized carbons (Fsp3) is 0.258. The van der Waals surface area contributed by atoms with Gasteiger partial charge in [0.15, 0.2) is 0 Å². The van der Waals surface area contributed by atoms with E-state index in [0.29, 0.717) is 0 Å². The Labute approximate surface area is 224 Å². The number of esters is 1. The van der Waals surface area contributed by atoms with Crippen LogP contribution >= 0.6 is 0 Å². The van der Waals surface area contributed by atoms with Crippen LogP contribution in [0.4, 0.5) is 10.1 Å². The molecule has 8 heteroatoms. The standard InChI is InChI=1S/C31H28FN3O4/c1-2-3-16-38-28(36)19-35-29(22-9-4-6-10-24(22)32)33-18-25(30(35)37)34-31(14-15-31)20-12-13-27-23(17-20)21-8-5-7-11-26(21)39-27/h4-13,17-18,34H,2-3,14-16,19H2,1H3. The molecule has 0 spiro atoms. The highest BCUT2D eigenvalue weighted by molar-refractivity contribution is 6.05. The van der Waals surface area contributed by atoms with Gasteiger partial charge < -0.3 is 14.5 Å². The first kappa shape index (κ1) is 24.9. The number of halogens is 1. The molecule has 5 aromatic rings. The van der Waals surface area contributed by atoms with Gasteiger partial charge in [0, 0.05) is 10.8 Å². The fourth-order valence-corrected chi connectivity index (χ4v) is 4.98. The number of fused-ring (bicyclic) bond motifs is 3. The number of nitrogens with zero attached hydrogens (tertiary/aromatic N) is 2. The van der Waals surface area contributed by atoms with Gasteiger partial charge in [-0.3, -0.25) is 14.2 Å². The smallest absolute Gasteiger partial charge is 0.326 e. The van der Waals surface area contributed by atoms with Gasteiger partial charge >= 0.3 is 5.97 Å². The van der Waals surface area contributed by atoms with Crippen LogP contribution in [0.3, 0.4) is 0 Å². The number of ether oxygens (including phenoxy) is 1. The van der Waals surface area contributed by atoms with Crippen molar-refractivity contribution in [2.75, 3.05) is 11.9 Å². The summed E-state index contributed by atoms with van der Waals surface area (Å²) in [6, 6.07) is 20.0. The van der Waals surface area contributed by atoms with E-state index in [2.05, 4.69) is 16.4 Å². The Morgan fingerprint density at radius 3 is 2.64 bits per heavy atom. The number of carbonyl (C=O) groups is 1. The summed E-state index contributed by atoms with van der Waals surface area (Å²) < 4.78 is 27.2. The molecule has 1 saturated carbocycles. The van der Waals surface area contributed by atoms with Crippen LogP contribution in [-0.4, -0.2) is 22.1 Å². The van der Waals surface area contributed by atoms with Crippen molar-refractivity contribution in [3.05, 3.63) is 94.7 Å². The molecule has 0 radical (unpaired) electrons. The Hall–Kier alpha value is -4.46. The van der Waals surface area contributed by atoms with Crippen LogP contribution in [0.2, 0.25) is 0 Å². The molecule has 1 N–H and O–H groups in total. The lowest BCUT2D eigenvalue weighted by Gasteiger charge is -2.21. The Morgan fingerprint density at radius 1 is 1.08 bits per heavy atom. The van der Waals surface area contributed by atoms with E-state index in [0.717, 1.165) is 53.2 Å². The van der Waals surface area contributed by atoms with E-state index < -0.39 is 22.9 Å². The van der Waals surface area contributed by atoms with Gasteiger partial charge in [0.2, 0.25) is 0 Å². The number of rotatable bonds is 9. The number of aromatic nitrogens is 2. The average molecular weight is 526 g/mol. The number of anilines is 1. The summed E-state index contributed by atoms with van der Waals surface area (Å²) in [4.78, 5) is 30.8. The minimum absolute atomic E-state index is 0.0761. The fourth-order valence-electron chi connectivity index (χ4n) is 4.98. The lowest BCUT2D eigenvalue weighted by Crippen LogP contribution is -2.32. The number of nitrogens with one attached hydrogen (secondary N) is 1. The van der Waals surface area contributed by atoms with Crippen LogP contribution in [0.15, 0.2) is 82.1 Å². The van der Waals surface area contributed by atoms with Crippen molar-refractivity contribution in [2.24, 2.45) is 0 Å². The second-order valence-electron chi connectivity index (χ2n) is 9.96. The zero-order valence-corrected chi connectivity index (χ0v) is 21.6. The molecule has 1 aliphatic rings. The summed E-state index contributed by atoms with van der Waals surface area (Å²) in [5, 5.41) is 5.45. The maximum atomic E-state index is 14.7. The maximum Gasteiger partial charge on any atom is 0.326 e. The van der Waals surface area contributed by atoms with Crippen molar-refractivity contribution in [1.29, 1.82) is 0 Å². The maximum absolute atomic E-state index is 14.7.